The number of nitrogens with two attached hydrogens (primary N) is 1. The van der Waals surface area contributed by atoms with E-state index in [0.29, 0.717) is 17.8 Å². The second-order valence-electron chi connectivity index (χ2n) is 3.84. The zero-order valence-corrected chi connectivity index (χ0v) is 9.49. The highest BCUT2D eigenvalue weighted by Crippen LogP contribution is 2.14. The Morgan fingerprint density at radius 1 is 1.33 bits per heavy atom. The summed E-state index contributed by atoms with van der Waals surface area (Å²) in [4.78, 5) is 8.09. The molecular formula is C10H19N5. The molecule has 1 aromatic heterocycles. The van der Waals surface area contributed by atoms with Crippen molar-refractivity contribution in [2.75, 3.05) is 10.7 Å². The Bertz CT molecular complexity index is 300. The van der Waals surface area contributed by atoms with Crippen molar-refractivity contribution in [1.29, 1.82) is 0 Å². The topological polar surface area (TPSA) is 75.9 Å². The lowest BCUT2D eigenvalue weighted by molar-refractivity contribution is 0.510. The number of nitrogen functional groups attached to an aromatic ring is 1. The van der Waals surface area contributed by atoms with Gasteiger partial charge in [-0.25, -0.2) is 15.8 Å². The van der Waals surface area contributed by atoms with Crippen LogP contribution in [0.5, 0.6) is 0 Å². The minimum absolute atomic E-state index is 0.422. The summed E-state index contributed by atoms with van der Waals surface area (Å²) in [6.45, 7) is 6.52. The Balaban J connectivity index is 2.70. The Labute approximate surface area is 90.5 Å². The van der Waals surface area contributed by atoms with E-state index in [1.165, 1.54) is 6.33 Å². The molecule has 1 atom stereocenters. The minimum Gasteiger partial charge on any atom is -0.367 e. The van der Waals surface area contributed by atoms with Crippen LogP contribution in [0.25, 0.3) is 0 Å². The van der Waals surface area contributed by atoms with Gasteiger partial charge in [0.2, 0.25) is 0 Å². The first kappa shape index (κ1) is 11.7. The van der Waals surface area contributed by atoms with Crippen molar-refractivity contribution in [2.45, 2.75) is 33.2 Å². The quantitative estimate of drug-likeness (QED) is 0.507. The molecule has 1 aromatic rings. The zero-order valence-electron chi connectivity index (χ0n) is 9.49. The highest BCUT2D eigenvalue weighted by Gasteiger charge is 2.11. The molecule has 5 nitrogen and oxygen atoms in total. The van der Waals surface area contributed by atoms with Crippen molar-refractivity contribution in [1.82, 2.24) is 9.97 Å². The fourth-order valence-corrected chi connectivity index (χ4v) is 1.45. The zero-order chi connectivity index (χ0) is 11.3. The van der Waals surface area contributed by atoms with Crippen LogP contribution in [0.4, 0.5) is 11.6 Å². The van der Waals surface area contributed by atoms with Crippen LogP contribution in [0.3, 0.4) is 0 Å². The molecule has 0 amide bonds. The van der Waals surface area contributed by atoms with Crippen molar-refractivity contribution in [3.8, 4) is 0 Å². The second kappa shape index (κ2) is 5.50. The first-order valence-electron chi connectivity index (χ1n) is 5.22. The molecule has 0 aromatic carbocycles. The summed E-state index contributed by atoms with van der Waals surface area (Å²) in [5.74, 6) is 7.26. The Morgan fingerprint density at radius 2 is 2.00 bits per heavy atom. The van der Waals surface area contributed by atoms with Gasteiger partial charge in [0.15, 0.2) is 0 Å². The molecule has 15 heavy (non-hydrogen) atoms. The lowest BCUT2D eigenvalue weighted by Gasteiger charge is -2.21. The van der Waals surface area contributed by atoms with E-state index in [2.05, 4.69) is 41.5 Å². The first-order chi connectivity index (χ1) is 7.17. The molecule has 0 radical (unpaired) electrons. The van der Waals surface area contributed by atoms with E-state index >= 15 is 0 Å². The number of hydrogen-bond donors (Lipinski definition) is 3. The van der Waals surface area contributed by atoms with Crippen molar-refractivity contribution in [3.05, 3.63) is 12.4 Å². The fourth-order valence-electron chi connectivity index (χ4n) is 1.45. The van der Waals surface area contributed by atoms with E-state index in [4.69, 9.17) is 5.84 Å². The molecule has 0 saturated heterocycles. The normalized spacial score (nSPS) is 12.6. The number of hydrogen-bond acceptors (Lipinski definition) is 5. The monoisotopic (exact) mass is 209 g/mol. The Morgan fingerprint density at radius 3 is 2.53 bits per heavy atom. The second-order valence-corrected chi connectivity index (χ2v) is 3.84. The number of anilines is 2. The van der Waals surface area contributed by atoms with Gasteiger partial charge in [-0.1, -0.05) is 20.8 Å². The largest absolute Gasteiger partial charge is 0.367 e. The van der Waals surface area contributed by atoms with E-state index < -0.39 is 0 Å². The van der Waals surface area contributed by atoms with Gasteiger partial charge in [-0.3, -0.25) is 0 Å². The minimum atomic E-state index is 0.422. The molecule has 0 aliphatic carbocycles. The third-order valence-electron chi connectivity index (χ3n) is 2.39. The van der Waals surface area contributed by atoms with E-state index in [0.717, 1.165) is 12.2 Å². The number of nitrogens with one attached hydrogen (secondary N) is 2. The summed E-state index contributed by atoms with van der Waals surface area (Å²) < 4.78 is 0. The van der Waals surface area contributed by atoms with E-state index in [1.807, 2.05) is 0 Å². The molecule has 0 fully saturated rings. The van der Waals surface area contributed by atoms with Crippen LogP contribution in [0.15, 0.2) is 12.4 Å². The fraction of sp³-hybridized carbons (Fsp3) is 0.600. The van der Waals surface area contributed by atoms with E-state index in [9.17, 15) is 0 Å². The molecular weight excluding hydrogens is 190 g/mol. The van der Waals surface area contributed by atoms with Gasteiger partial charge in [0.05, 0.1) is 0 Å². The molecule has 0 aliphatic rings. The number of nitrogens with zero attached hydrogens (tertiary/aromatic N) is 2. The van der Waals surface area contributed by atoms with Crippen molar-refractivity contribution in [2.24, 2.45) is 11.8 Å². The molecule has 1 rings (SSSR count). The first-order valence-corrected chi connectivity index (χ1v) is 5.22. The Hall–Kier alpha value is -1.36. The third kappa shape index (κ3) is 3.36. The Kier molecular flexibility index (Phi) is 4.30. The van der Waals surface area contributed by atoms with Gasteiger partial charge >= 0.3 is 0 Å². The van der Waals surface area contributed by atoms with Crippen molar-refractivity contribution in [3.63, 3.8) is 0 Å². The third-order valence-corrected chi connectivity index (χ3v) is 2.39. The summed E-state index contributed by atoms with van der Waals surface area (Å²) in [5, 5.41) is 3.36. The van der Waals surface area contributed by atoms with Crippen molar-refractivity contribution >= 4 is 11.6 Å². The molecule has 1 heterocycles. The highest BCUT2D eigenvalue weighted by atomic mass is 15.3. The van der Waals surface area contributed by atoms with Gasteiger partial charge < -0.3 is 10.7 Å². The van der Waals surface area contributed by atoms with Gasteiger partial charge in [0.1, 0.15) is 18.0 Å². The predicted octanol–water partition coefficient (Wildman–Crippen LogP) is 1.61. The van der Waals surface area contributed by atoms with Gasteiger partial charge in [-0.15, -0.1) is 0 Å². The average Bonchev–Trinajstić information content (AvgIpc) is 2.25. The van der Waals surface area contributed by atoms with Gasteiger partial charge in [0.25, 0.3) is 0 Å². The number of rotatable bonds is 5. The molecule has 84 valence electrons. The molecule has 5 heteroatoms. The molecule has 4 N–H and O–H groups in total. The predicted molar refractivity (Wildman–Crippen MR) is 62.4 cm³/mol. The molecule has 1 unspecified atom stereocenters. The maximum atomic E-state index is 5.27. The van der Waals surface area contributed by atoms with Crippen LogP contribution >= 0.6 is 0 Å². The van der Waals surface area contributed by atoms with E-state index in [1.54, 1.807) is 6.07 Å². The van der Waals surface area contributed by atoms with Gasteiger partial charge in [-0.2, -0.15) is 0 Å². The summed E-state index contributed by atoms with van der Waals surface area (Å²) in [6.07, 6.45) is 2.55. The van der Waals surface area contributed by atoms with Crippen LogP contribution in [0.2, 0.25) is 0 Å². The van der Waals surface area contributed by atoms with E-state index in [-0.39, 0.29) is 0 Å². The highest BCUT2D eigenvalue weighted by molar-refractivity contribution is 5.46. The van der Waals surface area contributed by atoms with Crippen LogP contribution in [-0.4, -0.2) is 16.0 Å². The summed E-state index contributed by atoms with van der Waals surface area (Å²) >= 11 is 0. The van der Waals surface area contributed by atoms with Crippen LogP contribution < -0.4 is 16.6 Å². The lowest BCUT2D eigenvalue weighted by atomic mass is 10.0. The standard InChI is InChI=1S/C10H19N5/c1-4-8(7(2)3)14-9-5-10(15-11)13-6-12-9/h5-8H,4,11H2,1-3H3,(H2,12,13,14,15). The summed E-state index contributed by atoms with van der Waals surface area (Å²) in [7, 11) is 0. The SMILES string of the molecule is CCC(Nc1cc(NN)ncn1)C(C)C. The average molecular weight is 209 g/mol. The van der Waals surface area contributed by atoms with Crippen LogP contribution in [-0.2, 0) is 0 Å². The lowest BCUT2D eigenvalue weighted by Crippen LogP contribution is -2.25. The smallest absolute Gasteiger partial charge is 0.145 e. The van der Waals surface area contributed by atoms with Crippen LogP contribution in [0, 0.1) is 5.92 Å². The molecule has 0 bridgehead atoms. The number of hydrazine groups is 1. The maximum Gasteiger partial charge on any atom is 0.145 e. The summed E-state index contributed by atoms with van der Waals surface area (Å²) in [5.41, 5.74) is 2.50. The summed E-state index contributed by atoms with van der Waals surface area (Å²) in [6, 6.07) is 2.22. The molecule has 0 spiro atoms. The van der Waals surface area contributed by atoms with Gasteiger partial charge in [-0.05, 0) is 12.3 Å². The van der Waals surface area contributed by atoms with Gasteiger partial charge in [0, 0.05) is 12.1 Å². The molecule has 0 saturated carbocycles. The molecule has 0 aliphatic heterocycles. The maximum absolute atomic E-state index is 5.27. The number of aromatic nitrogens is 2. The van der Waals surface area contributed by atoms with Crippen LogP contribution in [0.1, 0.15) is 27.2 Å². The van der Waals surface area contributed by atoms with Crippen molar-refractivity contribution < 1.29 is 0 Å².